The highest BCUT2D eigenvalue weighted by atomic mass is 32.2. The minimum Gasteiger partial charge on any atom is -0.454 e. The van der Waals surface area contributed by atoms with E-state index < -0.39 is 10.0 Å². The van der Waals surface area contributed by atoms with Crippen molar-refractivity contribution in [2.75, 3.05) is 13.3 Å². The van der Waals surface area contributed by atoms with E-state index >= 15 is 0 Å². The molecule has 132 valence electrons. The van der Waals surface area contributed by atoms with Crippen molar-refractivity contribution in [1.29, 1.82) is 0 Å². The number of benzene rings is 2. The predicted molar refractivity (Wildman–Crippen MR) is 94.4 cm³/mol. The first kappa shape index (κ1) is 16.4. The molecule has 2 aromatic carbocycles. The first-order valence-corrected chi connectivity index (χ1v) is 9.90. The fourth-order valence-electron chi connectivity index (χ4n) is 3.30. The van der Waals surface area contributed by atoms with Gasteiger partial charge in [-0.2, -0.15) is 4.31 Å². The topological polar surface area (TPSA) is 55.8 Å². The van der Waals surface area contributed by atoms with E-state index in [-0.39, 0.29) is 6.79 Å². The molecule has 2 aliphatic rings. The molecular weight excluding hydrogens is 338 g/mol. The van der Waals surface area contributed by atoms with Crippen LogP contribution in [-0.2, 0) is 23.0 Å². The van der Waals surface area contributed by atoms with Crippen molar-refractivity contribution in [2.45, 2.75) is 37.6 Å². The first-order chi connectivity index (χ1) is 11.9. The second kappa shape index (κ2) is 6.04. The number of hydrogen-bond donors (Lipinski definition) is 0. The van der Waals surface area contributed by atoms with Gasteiger partial charge in [0.15, 0.2) is 11.5 Å². The van der Waals surface area contributed by atoms with E-state index in [9.17, 15) is 8.42 Å². The molecule has 0 radical (unpaired) electrons. The SMILES string of the molecule is CC(C)c1ccc(S(=O)(=O)N2CCc3cc4c(cc3C2)OCO4)cc1. The maximum atomic E-state index is 13.0. The fourth-order valence-corrected chi connectivity index (χ4v) is 4.72. The Bertz CT molecular complexity index is 904. The van der Waals surface area contributed by atoms with E-state index in [2.05, 4.69) is 13.8 Å². The zero-order chi connectivity index (χ0) is 17.6. The van der Waals surface area contributed by atoms with E-state index in [1.807, 2.05) is 24.3 Å². The van der Waals surface area contributed by atoms with Crippen molar-refractivity contribution in [3.63, 3.8) is 0 Å². The molecule has 0 unspecified atom stereocenters. The summed E-state index contributed by atoms with van der Waals surface area (Å²) in [4.78, 5) is 0.348. The summed E-state index contributed by atoms with van der Waals surface area (Å²) in [6.45, 7) is 5.24. The molecule has 2 aromatic rings. The van der Waals surface area contributed by atoms with Gasteiger partial charge in [-0.1, -0.05) is 26.0 Å². The zero-order valence-electron chi connectivity index (χ0n) is 14.4. The van der Waals surface area contributed by atoms with Crippen LogP contribution < -0.4 is 9.47 Å². The summed E-state index contributed by atoms with van der Waals surface area (Å²) in [5.74, 6) is 1.82. The highest BCUT2D eigenvalue weighted by Gasteiger charge is 2.30. The summed E-state index contributed by atoms with van der Waals surface area (Å²) in [6.07, 6.45) is 0.676. The molecule has 0 fully saturated rings. The van der Waals surface area contributed by atoms with Crippen molar-refractivity contribution < 1.29 is 17.9 Å². The van der Waals surface area contributed by atoms with Gasteiger partial charge in [-0.05, 0) is 53.3 Å². The Hall–Kier alpha value is -2.05. The Kier molecular flexibility index (Phi) is 3.96. The third kappa shape index (κ3) is 2.89. The van der Waals surface area contributed by atoms with Crippen LogP contribution in [0.15, 0.2) is 41.3 Å². The average molecular weight is 359 g/mol. The molecular formula is C19H21NO4S. The zero-order valence-corrected chi connectivity index (χ0v) is 15.2. The molecule has 0 aliphatic carbocycles. The van der Waals surface area contributed by atoms with Crippen LogP contribution in [0, 0.1) is 0 Å². The molecule has 25 heavy (non-hydrogen) atoms. The molecule has 0 bridgehead atoms. The third-order valence-electron chi connectivity index (χ3n) is 4.86. The van der Waals surface area contributed by atoms with Crippen molar-refractivity contribution >= 4 is 10.0 Å². The van der Waals surface area contributed by atoms with Gasteiger partial charge in [0.05, 0.1) is 4.90 Å². The van der Waals surface area contributed by atoms with Crippen LogP contribution in [0.4, 0.5) is 0 Å². The van der Waals surface area contributed by atoms with Crippen LogP contribution in [0.2, 0.25) is 0 Å². The summed E-state index contributed by atoms with van der Waals surface area (Å²) in [7, 11) is -3.50. The molecule has 0 amide bonds. The van der Waals surface area contributed by atoms with Gasteiger partial charge in [-0.3, -0.25) is 0 Å². The number of sulfonamides is 1. The minimum absolute atomic E-state index is 0.225. The van der Waals surface area contributed by atoms with E-state index in [1.54, 1.807) is 16.4 Å². The van der Waals surface area contributed by atoms with Crippen molar-refractivity contribution in [3.05, 3.63) is 53.1 Å². The van der Waals surface area contributed by atoms with Gasteiger partial charge in [-0.15, -0.1) is 0 Å². The van der Waals surface area contributed by atoms with Crippen LogP contribution in [0.25, 0.3) is 0 Å². The summed E-state index contributed by atoms with van der Waals surface area (Å²) < 4.78 is 38.3. The predicted octanol–water partition coefficient (Wildman–Crippen LogP) is 3.29. The Morgan fingerprint density at radius 2 is 1.64 bits per heavy atom. The molecule has 2 aliphatic heterocycles. The summed E-state index contributed by atoms with van der Waals surface area (Å²) in [5.41, 5.74) is 3.25. The number of nitrogens with zero attached hydrogens (tertiary/aromatic N) is 1. The van der Waals surface area contributed by atoms with Gasteiger partial charge in [-0.25, -0.2) is 8.42 Å². The Morgan fingerprint density at radius 1 is 1.00 bits per heavy atom. The van der Waals surface area contributed by atoms with Crippen molar-refractivity contribution in [1.82, 2.24) is 4.31 Å². The normalized spacial score (nSPS) is 16.9. The van der Waals surface area contributed by atoms with Gasteiger partial charge in [0.25, 0.3) is 0 Å². The number of hydrogen-bond acceptors (Lipinski definition) is 4. The molecule has 0 aromatic heterocycles. The van der Waals surface area contributed by atoms with Crippen LogP contribution in [0.1, 0.15) is 36.5 Å². The van der Waals surface area contributed by atoms with Gasteiger partial charge in [0, 0.05) is 13.1 Å². The van der Waals surface area contributed by atoms with Crippen LogP contribution in [-0.4, -0.2) is 26.1 Å². The lowest BCUT2D eigenvalue weighted by Crippen LogP contribution is -2.35. The van der Waals surface area contributed by atoms with E-state index in [0.717, 1.165) is 22.4 Å². The van der Waals surface area contributed by atoms with Crippen LogP contribution in [0.5, 0.6) is 11.5 Å². The molecule has 0 atom stereocenters. The van der Waals surface area contributed by atoms with E-state index in [4.69, 9.17) is 9.47 Å². The summed E-state index contributed by atoms with van der Waals surface area (Å²) in [6, 6.07) is 11.1. The maximum absolute atomic E-state index is 13.0. The lowest BCUT2D eigenvalue weighted by molar-refractivity contribution is 0.174. The lowest BCUT2D eigenvalue weighted by atomic mass is 10.0. The number of rotatable bonds is 3. The van der Waals surface area contributed by atoms with Crippen LogP contribution >= 0.6 is 0 Å². The van der Waals surface area contributed by atoms with E-state index in [0.29, 0.717) is 36.1 Å². The lowest BCUT2D eigenvalue weighted by Gasteiger charge is -2.28. The van der Waals surface area contributed by atoms with Gasteiger partial charge >= 0.3 is 0 Å². The molecule has 6 heteroatoms. The summed E-state index contributed by atoms with van der Waals surface area (Å²) >= 11 is 0. The summed E-state index contributed by atoms with van der Waals surface area (Å²) in [5, 5.41) is 0. The number of ether oxygens (including phenoxy) is 2. The van der Waals surface area contributed by atoms with E-state index in [1.165, 1.54) is 0 Å². The molecule has 4 rings (SSSR count). The molecule has 0 spiro atoms. The second-order valence-electron chi connectivity index (χ2n) is 6.79. The van der Waals surface area contributed by atoms with Crippen molar-refractivity contribution in [2.24, 2.45) is 0 Å². The molecule has 5 nitrogen and oxygen atoms in total. The van der Waals surface area contributed by atoms with Gasteiger partial charge < -0.3 is 9.47 Å². The standard InChI is InChI=1S/C19H21NO4S/c1-13(2)14-3-5-17(6-4-14)25(21,22)20-8-7-15-9-18-19(24-12-23-18)10-16(15)11-20/h3-6,9-10,13H,7-8,11-12H2,1-2H3. The first-order valence-electron chi connectivity index (χ1n) is 8.46. The number of fused-ring (bicyclic) bond motifs is 2. The molecule has 0 saturated carbocycles. The molecule has 0 saturated heterocycles. The Morgan fingerprint density at radius 3 is 2.28 bits per heavy atom. The Balaban J connectivity index is 1.61. The second-order valence-corrected chi connectivity index (χ2v) is 8.72. The monoisotopic (exact) mass is 359 g/mol. The molecule has 0 N–H and O–H groups in total. The van der Waals surface area contributed by atoms with Crippen LogP contribution in [0.3, 0.4) is 0 Å². The highest BCUT2D eigenvalue weighted by Crippen LogP contribution is 2.37. The van der Waals surface area contributed by atoms with Crippen molar-refractivity contribution in [3.8, 4) is 11.5 Å². The highest BCUT2D eigenvalue weighted by molar-refractivity contribution is 7.89. The third-order valence-corrected chi connectivity index (χ3v) is 6.72. The van der Waals surface area contributed by atoms with Gasteiger partial charge in [0.2, 0.25) is 16.8 Å². The smallest absolute Gasteiger partial charge is 0.243 e. The quantitative estimate of drug-likeness (QED) is 0.844. The average Bonchev–Trinajstić information content (AvgIpc) is 3.06. The largest absolute Gasteiger partial charge is 0.454 e. The fraction of sp³-hybridized carbons (Fsp3) is 0.368. The van der Waals surface area contributed by atoms with Gasteiger partial charge in [0.1, 0.15) is 0 Å². The maximum Gasteiger partial charge on any atom is 0.243 e. The molecule has 2 heterocycles. The minimum atomic E-state index is -3.50. The Labute approximate surface area is 148 Å².